The third kappa shape index (κ3) is 2.00. The maximum absolute atomic E-state index is 13.9. The van der Waals surface area contributed by atoms with Gasteiger partial charge in [0.1, 0.15) is 11.6 Å². The molecule has 0 spiro atoms. The zero-order valence-corrected chi connectivity index (χ0v) is 12.2. The molecule has 0 fully saturated rings. The topological polar surface area (TPSA) is 12.9 Å². The van der Waals surface area contributed by atoms with Crippen molar-refractivity contribution in [3.63, 3.8) is 0 Å². The van der Waals surface area contributed by atoms with Gasteiger partial charge in [0.05, 0.1) is 16.8 Å². The fourth-order valence-corrected chi connectivity index (χ4v) is 2.74. The Morgan fingerprint density at radius 1 is 0.950 bits per heavy atom. The minimum atomic E-state index is -0.618. The van der Waals surface area contributed by atoms with E-state index in [0.29, 0.717) is 9.99 Å². The maximum atomic E-state index is 13.9. The molecule has 0 aliphatic rings. The monoisotopic (exact) mass is 333 g/mol. The Morgan fingerprint density at radius 3 is 2.30 bits per heavy atom. The third-order valence-corrected chi connectivity index (χ3v) is 4.25. The summed E-state index contributed by atoms with van der Waals surface area (Å²) >= 11 is 3.41. The zero-order valence-electron chi connectivity index (χ0n) is 10.6. The molecular weight excluding hydrogens is 324 g/mol. The van der Waals surface area contributed by atoms with Crippen molar-refractivity contribution in [2.45, 2.75) is 6.92 Å². The van der Waals surface area contributed by atoms with Gasteiger partial charge in [0.25, 0.3) is 0 Å². The summed E-state index contributed by atoms with van der Waals surface area (Å²) in [7, 11) is 0. The smallest absolute Gasteiger partial charge is 0.135 e. The lowest BCUT2D eigenvalue weighted by Gasteiger charge is -2.11. The van der Waals surface area contributed by atoms with Crippen molar-refractivity contribution in [1.82, 2.24) is 4.98 Å². The number of aryl methyl sites for hydroxylation is 1. The molecule has 2 aromatic carbocycles. The Kier molecular flexibility index (Phi) is 3.26. The number of halogens is 3. The highest BCUT2D eigenvalue weighted by atomic mass is 79.9. The fraction of sp³-hybridized carbons (Fsp3) is 0.0625. The van der Waals surface area contributed by atoms with E-state index in [4.69, 9.17) is 0 Å². The SMILES string of the molecule is Cc1c(Br)c(-c2c(F)cccc2F)nc2ccccc12. The Bertz CT molecular complexity index is 795. The Balaban J connectivity index is 2.40. The maximum Gasteiger partial charge on any atom is 0.135 e. The van der Waals surface area contributed by atoms with Crippen molar-refractivity contribution in [2.24, 2.45) is 0 Å². The second-order valence-corrected chi connectivity index (χ2v) is 5.31. The van der Waals surface area contributed by atoms with E-state index in [1.54, 1.807) is 0 Å². The van der Waals surface area contributed by atoms with E-state index in [-0.39, 0.29) is 11.3 Å². The van der Waals surface area contributed by atoms with Crippen molar-refractivity contribution in [3.05, 3.63) is 64.1 Å². The average Bonchev–Trinajstić information content (AvgIpc) is 2.44. The molecule has 3 rings (SSSR count). The highest BCUT2D eigenvalue weighted by Gasteiger charge is 2.18. The number of aromatic nitrogens is 1. The Hall–Kier alpha value is -1.81. The van der Waals surface area contributed by atoms with Crippen LogP contribution < -0.4 is 0 Å². The van der Waals surface area contributed by atoms with E-state index in [2.05, 4.69) is 20.9 Å². The average molecular weight is 334 g/mol. The number of benzene rings is 2. The second kappa shape index (κ2) is 4.94. The van der Waals surface area contributed by atoms with Crippen LogP contribution in [0.15, 0.2) is 46.9 Å². The van der Waals surface area contributed by atoms with Crippen LogP contribution >= 0.6 is 15.9 Å². The van der Waals surface area contributed by atoms with E-state index in [1.807, 2.05) is 31.2 Å². The largest absolute Gasteiger partial charge is 0.246 e. The quantitative estimate of drug-likeness (QED) is 0.592. The van der Waals surface area contributed by atoms with E-state index >= 15 is 0 Å². The molecule has 0 unspecified atom stereocenters. The first-order valence-corrected chi connectivity index (χ1v) is 6.88. The first kappa shape index (κ1) is 13.2. The van der Waals surface area contributed by atoms with Gasteiger partial charge in [0, 0.05) is 9.86 Å². The van der Waals surface area contributed by atoms with Crippen molar-refractivity contribution in [2.75, 3.05) is 0 Å². The Labute approximate surface area is 123 Å². The van der Waals surface area contributed by atoms with Crippen LogP contribution in [0.5, 0.6) is 0 Å². The van der Waals surface area contributed by atoms with Gasteiger partial charge in [-0.05, 0) is 46.6 Å². The summed E-state index contributed by atoms with van der Waals surface area (Å²) in [6, 6.07) is 11.3. The molecule has 0 bridgehead atoms. The predicted octanol–water partition coefficient (Wildman–Crippen LogP) is 5.25. The molecule has 0 N–H and O–H groups in total. The number of para-hydroxylation sites is 1. The van der Waals surface area contributed by atoms with Gasteiger partial charge >= 0.3 is 0 Å². The van der Waals surface area contributed by atoms with Gasteiger partial charge < -0.3 is 0 Å². The fourth-order valence-electron chi connectivity index (χ4n) is 2.24. The van der Waals surface area contributed by atoms with Crippen LogP contribution in [0.1, 0.15) is 5.56 Å². The van der Waals surface area contributed by atoms with Crippen LogP contribution in [0.4, 0.5) is 8.78 Å². The highest BCUT2D eigenvalue weighted by Crippen LogP contribution is 2.35. The molecule has 0 aliphatic carbocycles. The first-order valence-electron chi connectivity index (χ1n) is 6.09. The molecule has 20 heavy (non-hydrogen) atoms. The lowest BCUT2D eigenvalue weighted by atomic mass is 10.0. The summed E-state index contributed by atoms with van der Waals surface area (Å²) in [6.07, 6.45) is 0. The van der Waals surface area contributed by atoms with Crippen LogP contribution in [0.2, 0.25) is 0 Å². The molecule has 3 aromatic rings. The minimum Gasteiger partial charge on any atom is -0.246 e. The molecule has 4 heteroatoms. The molecule has 100 valence electrons. The number of nitrogens with zero attached hydrogens (tertiary/aromatic N) is 1. The van der Waals surface area contributed by atoms with Gasteiger partial charge in [-0.2, -0.15) is 0 Å². The number of rotatable bonds is 1. The van der Waals surface area contributed by atoms with Crippen LogP contribution in [0.3, 0.4) is 0 Å². The molecule has 0 radical (unpaired) electrons. The number of hydrogen-bond donors (Lipinski definition) is 0. The third-order valence-electron chi connectivity index (χ3n) is 3.28. The van der Waals surface area contributed by atoms with E-state index < -0.39 is 11.6 Å². The molecule has 1 nitrogen and oxygen atoms in total. The van der Waals surface area contributed by atoms with Crippen LogP contribution in [-0.2, 0) is 0 Å². The molecule has 0 amide bonds. The summed E-state index contributed by atoms with van der Waals surface area (Å²) in [5.41, 5.74) is 1.81. The van der Waals surface area contributed by atoms with Gasteiger partial charge in [0.2, 0.25) is 0 Å². The van der Waals surface area contributed by atoms with Gasteiger partial charge in [-0.3, -0.25) is 0 Å². The first-order chi connectivity index (χ1) is 9.59. The molecule has 1 heterocycles. The lowest BCUT2D eigenvalue weighted by Crippen LogP contribution is -1.96. The zero-order chi connectivity index (χ0) is 14.3. The number of fused-ring (bicyclic) bond motifs is 1. The van der Waals surface area contributed by atoms with E-state index in [0.717, 1.165) is 10.9 Å². The van der Waals surface area contributed by atoms with Gasteiger partial charge in [-0.15, -0.1) is 0 Å². The summed E-state index contributed by atoms with van der Waals surface area (Å²) in [5, 5.41) is 0.958. The summed E-state index contributed by atoms with van der Waals surface area (Å²) in [6.45, 7) is 1.90. The summed E-state index contributed by atoms with van der Waals surface area (Å²) < 4.78 is 28.5. The normalized spacial score (nSPS) is 11.0. The summed E-state index contributed by atoms with van der Waals surface area (Å²) in [5.74, 6) is -1.24. The predicted molar refractivity (Wildman–Crippen MR) is 79.5 cm³/mol. The van der Waals surface area contributed by atoms with Gasteiger partial charge in [-0.1, -0.05) is 24.3 Å². The van der Waals surface area contributed by atoms with Crippen LogP contribution in [0.25, 0.3) is 22.2 Å². The van der Waals surface area contributed by atoms with E-state index in [1.165, 1.54) is 18.2 Å². The number of pyridine rings is 1. The highest BCUT2D eigenvalue weighted by molar-refractivity contribution is 9.10. The molecule has 0 saturated heterocycles. The van der Waals surface area contributed by atoms with Crippen molar-refractivity contribution in [1.29, 1.82) is 0 Å². The van der Waals surface area contributed by atoms with Gasteiger partial charge in [0.15, 0.2) is 0 Å². The molecular formula is C16H10BrF2N. The van der Waals surface area contributed by atoms with Crippen molar-refractivity contribution >= 4 is 26.8 Å². The molecule has 1 aromatic heterocycles. The van der Waals surface area contributed by atoms with Crippen LogP contribution in [-0.4, -0.2) is 4.98 Å². The summed E-state index contributed by atoms with van der Waals surface area (Å²) in [4.78, 5) is 4.40. The standard InChI is InChI=1S/C16H10BrF2N/c1-9-10-5-2-3-8-13(10)20-16(15(9)17)14-11(18)6-4-7-12(14)19/h2-8H,1H3. The van der Waals surface area contributed by atoms with Crippen molar-refractivity contribution < 1.29 is 8.78 Å². The van der Waals surface area contributed by atoms with Gasteiger partial charge in [-0.25, -0.2) is 13.8 Å². The molecule has 0 aliphatic heterocycles. The molecule has 0 atom stereocenters. The lowest BCUT2D eigenvalue weighted by molar-refractivity contribution is 0.588. The van der Waals surface area contributed by atoms with E-state index in [9.17, 15) is 8.78 Å². The number of hydrogen-bond acceptors (Lipinski definition) is 1. The van der Waals surface area contributed by atoms with Crippen LogP contribution in [0, 0.1) is 18.6 Å². The second-order valence-electron chi connectivity index (χ2n) is 4.51. The van der Waals surface area contributed by atoms with Crippen molar-refractivity contribution in [3.8, 4) is 11.3 Å². The minimum absolute atomic E-state index is 0.103. The molecule has 0 saturated carbocycles. The Morgan fingerprint density at radius 2 is 1.60 bits per heavy atom.